The standard InChI is InChI=1S/C69H56N4.C2H6/c70-66(61-34-18-19-35-65(61)72-44-50-40-46-22-10-12-28-53(46)56-31-15-14-30-55(50)56)48-36-38-59-60-39-37-49(43-64(60)69(63(59)42-48,51-24-6-2-7-25-51)52-26-8-3-9-27-52)67(45-20-4-1-5-21-45)73-68(71)62-41-47-23-11-13-29-54(47)57-32-16-17-33-58(57)62;1-2/h1-8,10-20,22-26,28-43,65,68,72-73H,9,21,27,44,70-71H2;1-2H3/b66-61-,67-45-;. The molecule has 366 valence electrons. The van der Waals surface area contributed by atoms with E-state index < -0.39 is 11.6 Å². The zero-order chi connectivity index (χ0) is 50.9. The fraction of sp³-hybridized carbons (Fsp3) is 0.127. The monoisotopic (exact) mass is 970 g/mol. The smallest absolute Gasteiger partial charge is 0.101 e. The summed E-state index contributed by atoms with van der Waals surface area (Å²) >= 11 is 0. The summed E-state index contributed by atoms with van der Waals surface area (Å²) in [6.07, 6.45) is 26.5. The topological polar surface area (TPSA) is 76.1 Å². The normalized spacial score (nSPS) is 19.1. The second-order valence-corrected chi connectivity index (χ2v) is 19.8. The highest BCUT2D eigenvalue weighted by Gasteiger charge is 2.47. The third kappa shape index (κ3) is 8.37. The van der Waals surface area contributed by atoms with Crippen molar-refractivity contribution in [2.24, 2.45) is 11.5 Å². The highest BCUT2D eigenvalue weighted by Crippen LogP contribution is 2.58. The minimum absolute atomic E-state index is 0.0880. The molecule has 9 aromatic rings. The molecule has 13 rings (SSSR count). The summed E-state index contributed by atoms with van der Waals surface area (Å²) in [7, 11) is 0. The first-order chi connectivity index (χ1) is 37.0. The number of fused-ring (bicyclic) bond motifs is 9. The first kappa shape index (κ1) is 47.5. The molecule has 0 radical (unpaired) electrons. The molecule has 3 atom stereocenters. The molecule has 0 fully saturated rings. The third-order valence-corrected chi connectivity index (χ3v) is 15.8. The molecule has 0 heterocycles. The number of rotatable bonds is 10. The maximum Gasteiger partial charge on any atom is 0.101 e. The lowest BCUT2D eigenvalue weighted by atomic mass is 9.65. The molecule has 0 spiro atoms. The Hall–Kier alpha value is -8.54. The zero-order valence-corrected chi connectivity index (χ0v) is 42.7. The lowest BCUT2D eigenvalue weighted by Gasteiger charge is -2.37. The summed E-state index contributed by atoms with van der Waals surface area (Å²) in [4.78, 5) is 0. The van der Waals surface area contributed by atoms with E-state index in [0.717, 1.165) is 58.3 Å². The van der Waals surface area contributed by atoms with E-state index >= 15 is 0 Å². The van der Waals surface area contributed by atoms with Crippen LogP contribution >= 0.6 is 0 Å². The van der Waals surface area contributed by atoms with Crippen molar-refractivity contribution in [3.8, 4) is 11.1 Å². The molecule has 3 unspecified atom stereocenters. The van der Waals surface area contributed by atoms with Gasteiger partial charge in [0, 0.05) is 17.9 Å². The van der Waals surface area contributed by atoms with Gasteiger partial charge in [0.1, 0.15) is 6.17 Å². The Balaban J connectivity index is 0.00000281. The van der Waals surface area contributed by atoms with Crippen LogP contribution in [0.3, 0.4) is 0 Å². The van der Waals surface area contributed by atoms with E-state index in [1.807, 2.05) is 13.8 Å². The van der Waals surface area contributed by atoms with Crippen LogP contribution in [0.1, 0.15) is 78.2 Å². The SMILES string of the molecule is CC.N/C(=C1/C=CC=CC1NCc1cc2ccccc2c2ccccc12)c1ccc2c(c1)C(C1=CC=CCC1)(c1ccccc1)c1cc(/C(NC(N)c3cc4ccccc4c4ccccc34)=C3\C=CC=CC3)ccc1-2. The van der Waals surface area contributed by atoms with E-state index in [4.69, 9.17) is 11.5 Å². The van der Waals surface area contributed by atoms with Crippen molar-refractivity contribution < 1.29 is 0 Å². The predicted octanol–water partition coefficient (Wildman–Crippen LogP) is 16.3. The van der Waals surface area contributed by atoms with Crippen LogP contribution in [-0.4, -0.2) is 6.04 Å². The Bertz CT molecular complexity index is 3950. The zero-order valence-electron chi connectivity index (χ0n) is 42.7. The lowest BCUT2D eigenvalue weighted by Crippen LogP contribution is -2.32. The second-order valence-electron chi connectivity index (χ2n) is 19.8. The maximum absolute atomic E-state index is 7.50. The van der Waals surface area contributed by atoms with Gasteiger partial charge < -0.3 is 22.1 Å². The van der Waals surface area contributed by atoms with Crippen molar-refractivity contribution in [2.75, 3.05) is 0 Å². The maximum atomic E-state index is 7.50. The molecule has 6 N–H and O–H groups in total. The van der Waals surface area contributed by atoms with Gasteiger partial charge in [-0.1, -0.05) is 238 Å². The highest BCUT2D eigenvalue weighted by atomic mass is 15.0. The van der Waals surface area contributed by atoms with Crippen LogP contribution in [0.15, 0.2) is 259 Å². The lowest BCUT2D eigenvalue weighted by molar-refractivity contribution is 0.661. The minimum Gasteiger partial charge on any atom is -0.398 e. The number of allylic oxidation sites excluding steroid dienone is 11. The number of benzene rings is 9. The first-order valence-electron chi connectivity index (χ1n) is 26.7. The summed E-state index contributed by atoms with van der Waals surface area (Å²) in [5.74, 6) is 0. The van der Waals surface area contributed by atoms with Gasteiger partial charge in [0.15, 0.2) is 0 Å². The van der Waals surface area contributed by atoms with E-state index in [0.29, 0.717) is 6.54 Å². The molecule has 4 aliphatic carbocycles. The van der Waals surface area contributed by atoms with Crippen LogP contribution in [0.25, 0.3) is 65.6 Å². The molecule has 0 saturated heterocycles. The summed E-state index contributed by atoms with van der Waals surface area (Å²) < 4.78 is 0. The van der Waals surface area contributed by atoms with Crippen molar-refractivity contribution >= 4 is 54.5 Å². The van der Waals surface area contributed by atoms with E-state index in [-0.39, 0.29) is 6.04 Å². The molecule has 75 heavy (non-hydrogen) atoms. The fourth-order valence-corrected chi connectivity index (χ4v) is 12.4. The van der Waals surface area contributed by atoms with Crippen molar-refractivity contribution in [3.63, 3.8) is 0 Å². The molecule has 0 bridgehead atoms. The van der Waals surface area contributed by atoms with E-state index in [1.54, 1.807) is 0 Å². The number of nitrogens with one attached hydrogen (secondary N) is 2. The van der Waals surface area contributed by atoms with Crippen molar-refractivity contribution in [1.82, 2.24) is 10.6 Å². The van der Waals surface area contributed by atoms with Crippen molar-refractivity contribution in [2.45, 2.75) is 57.3 Å². The van der Waals surface area contributed by atoms with Crippen LogP contribution in [0.2, 0.25) is 0 Å². The van der Waals surface area contributed by atoms with Crippen molar-refractivity contribution in [1.29, 1.82) is 0 Å². The molecule has 0 aromatic heterocycles. The molecule has 9 aromatic carbocycles. The Morgan fingerprint density at radius 2 is 1.20 bits per heavy atom. The molecule has 0 amide bonds. The van der Waals surface area contributed by atoms with Gasteiger partial charge >= 0.3 is 0 Å². The van der Waals surface area contributed by atoms with Gasteiger partial charge in [-0.2, -0.15) is 0 Å². The molecule has 4 heteroatoms. The Morgan fingerprint density at radius 1 is 0.587 bits per heavy atom. The van der Waals surface area contributed by atoms with Gasteiger partial charge in [-0.05, 0) is 148 Å². The van der Waals surface area contributed by atoms with E-state index in [9.17, 15) is 0 Å². The van der Waals surface area contributed by atoms with Crippen LogP contribution < -0.4 is 22.1 Å². The van der Waals surface area contributed by atoms with Gasteiger partial charge in [-0.15, -0.1) is 0 Å². The Kier molecular flexibility index (Phi) is 12.9. The average Bonchev–Trinajstić information content (AvgIpc) is 3.94. The summed E-state index contributed by atoms with van der Waals surface area (Å²) in [6, 6.07) is 64.4. The fourth-order valence-electron chi connectivity index (χ4n) is 12.4. The Labute approximate surface area is 441 Å². The third-order valence-electron chi connectivity index (χ3n) is 15.8. The number of hydrogen-bond acceptors (Lipinski definition) is 4. The molecular weight excluding hydrogens is 909 g/mol. The predicted molar refractivity (Wildman–Crippen MR) is 319 cm³/mol. The summed E-state index contributed by atoms with van der Waals surface area (Å²) in [5.41, 5.74) is 30.4. The van der Waals surface area contributed by atoms with Gasteiger partial charge in [0.2, 0.25) is 0 Å². The van der Waals surface area contributed by atoms with Gasteiger partial charge in [-0.3, -0.25) is 0 Å². The van der Waals surface area contributed by atoms with E-state index in [2.05, 4.69) is 253 Å². The van der Waals surface area contributed by atoms with Crippen LogP contribution in [0.4, 0.5) is 0 Å². The Morgan fingerprint density at radius 3 is 1.89 bits per heavy atom. The highest BCUT2D eigenvalue weighted by molar-refractivity contribution is 6.10. The quantitative estimate of drug-likeness (QED) is 0.0814. The molecule has 0 aliphatic heterocycles. The molecular formula is C71H62N4. The van der Waals surface area contributed by atoms with Crippen LogP contribution in [-0.2, 0) is 12.0 Å². The molecule has 4 aliphatic rings. The van der Waals surface area contributed by atoms with Crippen LogP contribution in [0, 0.1) is 0 Å². The second kappa shape index (κ2) is 20.4. The number of hydrogen-bond donors (Lipinski definition) is 4. The largest absolute Gasteiger partial charge is 0.398 e. The summed E-state index contributed by atoms with van der Waals surface area (Å²) in [6.45, 7) is 4.69. The minimum atomic E-state index is -0.598. The van der Waals surface area contributed by atoms with Gasteiger partial charge in [-0.25, -0.2) is 0 Å². The summed E-state index contributed by atoms with van der Waals surface area (Å²) in [5, 5.41) is 17.7. The van der Waals surface area contributed by atoms with E-state index in [1.165, 1.54) is 82.2 Å². The molecule has 0 saturated carbocycles. The first-order valence-corrected chi connectivity index (χ1v) is 26.7. The number of nitrogens with two attached hydrogens (primary N) is 2. The van der Waals surface area contributed by atoms with Gasteiger partial charge in [0.05, 0.1) is 11.5 Å². The van der Waals surface area contributed by atoms with Crippen molar-refractivity contribution in [3.05, 3.63) is 298 Å². The molecule has 4 nitrogen and oxygen atoms in total. The average molecular weight is 971 g/mol. The van der Waals surface area contributed by atoms with Crippen LogP contribution in [0.5, 0.6) is 0 Å². The van der Waals surface area contributed by atoms with Gasteiger partial charge in [0.25, 0.3) is 0 Å².